The van der Waals surface area contributed by atoms with Crippen molar-refractivity contribution in [1.29, 1.82) is 0 Å². The number of nitrogens with zero attached hydrogens (tertiary/aromatic N) is 2. The van der Waals surface area contributed by atoms with E-state index < -0.39 is 0 Å². The van der Waals surface area contributed by atoms with Gasteiger partial charge in [0.25, 0.3) is 5.91 Å². The minimum absolute atomic E-state index is 0.0360. The third-order valence-corrected chi connectivity index (χ3v) is 5.40. The molecule has 2 saturated heterocycles. The Hall–Kier alpha value is -2.24. The minimum atomic E-state index is -0.0360. The highest BCUT2D eigenvalue weighted by molar-refractivity contribution is 5.95. The Bertz CT molecular complexity index is 625. The van der Waals surface area contributed by atoms with E-state index in [4.69, 9.17) is 9.47 Å². The molecule has 2 fully saturated rings. The summed E-state index contributed by atoms with van der Waals surface area (Å²) in [4.78, 5) is 29.3. The number of piperidine rings is 2. The molecule has 6 nitrogen and oxygen atoms in total. The highest BCUT2D eigenvalue weighted by Gasteiger charge is 2.31. The monoisotopic (exact) mass is 360 g/mol. The third-order valence-electron chi connectivity index (χ3n) is 5.40. The second kappa shape index (κ2) is 8.43. The fourth-order valence-corrected chi connectivity index (χ4v) is 3.82. The molecule has 0 unspecified atom stereocenters. The normalized spacial score (nSPS) is 18.5. The van der Waals surface area contributed by atoms with Crippen molar-refractivity contribution in [3.8, 4) is 11.5 Å². The van der Waals surface area contributed by atoms with Gasteiger partial charge in [0, 0.05) is 43.7 Å². The molecule has 2 heterocycles. The van der Waals surface area contributed by atoms with E-state index in [0.29, 0.717) is 30.2 Å². The largest absolute Gasteiger partial charge is 0.497 e. The SMILES string of the molecule is COc1cc(OC)cc(C(=O)N2CCC(C(=O)N3CCCCC3)CC2)c1. The highest BCUT2D eigenvalue weighted by Crippen LogP contribution is 2.26. The number of benzene rings is 1. The second-order valence-electron chi connectivity index (χ2n) is 7.05. The summed E-state index contributed by atoms with van der Waals surface area (Å²) in [6.07, 6.45) is 4.92. The average Bonchev–Trinajstić information content (AvgIpc) is 2.73. The van der Waals surface area contributed by atoms with Crippen molar-refractivity contribution in [3.05, 3.63) is 23.8 Å². The summed E-state index contributed by atoms with van der Waals surface area (Å²) >= 11 is 0. The van der Waals surface area contributed by atoms with Gasteiger partial charge in [-0.1, -0.05) is 0 Å². The van der Waals surface area contributed by atoms with Gasteiger partial charge in [-0.3, -0.25) is 9.59 Å². The maximum atomic E-state index is 12.8. The summed E-state index contributed by atoms with van der Waals surface area (Å²) < 4.78 is 10.5. The number of ether oxygens (including phenoxy) is 2. The quantitative estimate of drug-likeness (QED) is 0.828. The van der Waals surface area contributed by atoms with Crippen molar-refractivity contribution in [3.63, 3.8) is 0 Å². The molecule has 0 saturated carbocycles. The molecule has 26 heavy (non-hydrogen) atoms. The van der Waals surface area contributed by atoms with Gasteiger partial charge in [-0.2, -0.15) is 0 Å². The molecule has 0 aromatic heterocycles. The molecule has 2 aliphatic heterocycles. The second-order valence-corrected chi connectivity index (χ2v) is 7.05. The van der Waals surface area contributed by atoms with E-state index in [1.54, 1.807) is 32.4 Å². The number of amides is 2. The molecule has 0 spiro atoms. The van der Waals surface area contributed by atoms with Crippen LogP contribution in [0.3, 0.4) is 0 Å². The Morgan fingerprint density at radius 2 is 1.42 bits per heavy atom. The van der Waals surface area contributed by atoms with Gasteiger partial charge in [-0.15, -0.1) is 0 Å². The van der Waals surface area contributed by atoms with Gasteiger partial charge in [0.05, 0.1) is 14.2 Å². The zero-order chi connectivity index (χ0) is 18.5. The Morgan fingerprint density at radius 1 is 0.846 bits per heavy atom. The van der Waals surface area contributed by atoms with E-state index in [1.165, 1.54) is 6.42 Å². The van der Waals surface area contributed by atoms with E-state index in [2.05, 4.69) is 0 Å². The molecule has 142 valence electrons. The first kappa shape index (κ1) is 18.5. The van der Waals surface area contributed by atoms with Crippen molar-refractivity contribution < 1.29 is 19.1 Å². The molecule has 2 amide bonds. The molecule has 0 bridgehead atoms. The lowest BCUT2D eigenvalue weighted by molar-refractivity contribution is -0.137. The number of hydrogen-bond acceptors (Lipinski definition) is 4. The van der Waals surface area contributed by atoms with Crippen LogP contribution in [0.4, 0.5) is 0 Å². The minimum Gasteiger partial charge on any atom is -0.497 e. The van der Waals surface area contributed by atoms with Gasteiger partial charge in [-0.25, -0.2) is 0 Å². The number of carbonyl (C=O) groups excluding carboxylic acids is 2. The van der Waals surface area contributed by atoms with Crippen molar-refractivity contribution >= 4 is 11.8 Å². The first-order valence-electron chi connectivity index (χ1n) is 9.43. The van der Waals surface area contributed by atoms with E-state index in [0.717, 1.165) is 38.8 Å². The summed E-state index contributed by atoms with van der Waals surface area (Å²) in [5.41, 5.74) is 0.557. The molecule has 1 aromatic rings. The number of likely N-dealkylation sites (tertiary alicyclic amines) is 2. The van der Waals surface area contributed by atoms with Crippen LogP contribution in [-0.2, 0) is 4.79 Å². The van der Waals surface area contributed by atoms with Crippen LogP contribution >= 0.6 is 0 Å². The summed E-state index contributed by atoms with van der Waals surface area (Å²) in [7, 11) is 3.14. The summed E-state index contributed by atoms with van der Waals surface area (Å²) in [6.45, 7) is 3.01. The van der Waals surface area contributed by atoms with Crippen LogP contribution in [0.1, 0.15) is 42.5 Å². The van der Waals surface area contributed by atoms with Gasteiger partial charge >= 0.3 is 0 Å². The van der Waals surface area contributed by atoms with Crippen molar-refractivity contribution in [1.82, 2.24) is 9.80 Å². The number of hydrogen-bond donors (Lipinski definition) is 0. The smallest absolute Gasteiger partial charge is 0.254 e. The van der Waals surface area contributed by atoms with E-state index in [9.17, 15) is 9.59 Å². The van der Waals surface area contributed by atoms with Crippen LogP contribution in [0, 0.1) is 5.92 Å². The summed E-state index contributed by atoms with van der Waals surface area (Å²) in [5, 5.41) is 0. The lowest BCUT2D eigenvalue weighted by atomic mass is 9.94. The van der Waals surface area contributed by atoms with Crippen molar-refractivity contribution in [2.45, 2.75) is 32.1 Å². The number of rotatable bonds is 4. The number of carbonyl (C=O) groups is 2. The third kappa shape index (κ3) is 4.11. The average molecular weight is 360 g/mol. The molecular weight excluding hydrogens is 332 g/mol. The predicted molar refractivity (Wildman–Crippen MR) is 98.6 cm³/mol. The molecule has 1 aromatic carbocycles. The van der Waals surface area contributed by atoms with Gasteiger partial charge in [0.2, 0.25) is 5.91 Å². The molecule has 6 heteroatoms. The van der Waals surface area contributed by atoms with Crippen LogP contribution in [0.15, 0.2) is 18.2 Å². The van der Waals surface area contributed by atoms with Gasteiger partial charge in [0.1, 0.15) is 11.5 Å². The first-order valence-corrected chi connectivity index (χ1v) is 9.43. The topological polar surface area (TPSA) is 59.1 Å². The van der Waals surface area contributed by atoms with Gasteiger partial charge < -0.3 is 19.3 Å². The van der Waals surface area contributed by atoms with Crippen LogP contribution in [-0.4, -0.2) is 62.0 Å². The molecule has 2 aliphatic rings. The standard InChI is InChI=1S/C20H28N2O4/c1-25-17-12-16(13-18(14-17)26-2)20(24)22-10-6-15(7-11-22)19(23)21-8-4-3-5-9-21/h12-15H,3-11H2,1-2H3. The van der Waals surface area contributed by atoms with Crippen LogP contribution < -0.4 is 9.47 Å². The maximum absolute atomic E-state index is 12.8. The number of methoxy groups -OCH3 is 2. The van der Waals surface area contributed by atoms with Crippen LogP contribution in [0.2, 0.25) is 0 Å². The van der Waals surface area contributed by atoms with Crippen molar-refractivity contribution in [2.24, 2.45) is 5.92 Å². The zero-order valence-electron chi connectivity index (χ0n) is 15.7. The fourth-order valence-electron chi connectivity index (χ4n) is 3.82. The summed E-state index contributed by atoms with van der Waals surface area (Å²) in [6, 6.07) is 5.21. The Labute approximate surface area is 155 Å². The van der Waals surface area contributed by atoms with Crippen LogP contribution in [0.25, 0.3) is 0 Å². The molecule has 0 N–H and O–H groups in total. The summed E-state index contributed by atoms with van der Waals surface area (Å²) in [5.74, 6) is 1.49. The van der Waals surface area contributed by atoms with E-state index in [1.807, 2.05) is 9.80 Å². The molecule has 3 rings (SSSR count). The lowest BCUT2D eigenvalue weighted by Crippen LogP contribution is -2.45. The van der Waals surface area contributed by atoms with Gasteiger partial charge in [0.15, 0.2) is 0 Å². The molecule has 0 aliphatic carbocycles. The Balaban J connectivity index is 1.60. The highest BCUT2D eigenvalue weighted by atomic mass is 16.5. The Morgan fingerprint density at radius 3 is 1.96 bits per heavy atom. The molecule has 0 radical (unpaired) electrons. The zero-order valence-corrected chi connectivity index (χ0v) is 15.7. The van der Waals surface area contributed by atoms with Gasteiger partial charge in [-0.05, 0) is 44.2 Å². The molecule has 0 atom stereocenters. The van der Waals surface area contributed by atoms with E-state index >= 15 is 0 Å². The van der Waals surface area contributed by atoms with E-state index in [-0.39, 0.29) is 17.7 Å². The van der Waals surface area contributed by atoms with Crippen molar-refractivity contribution in [2.75, 3.05) is 40.4 Å². The fraction of sp³-hybridized carbons (Fsp3) is 0.600. The van der Waals surface area contributed by atoms with Crippen LogP contribution in [0.5, 0.6) is 11.5 Å². The maximum Gasteiger partial charge on any atom is 0.254 e. The lowest BCUT2D eigenvalue weighted by Gasteiger charge is -2.35. The Kier molecular flexibility index (Phi) is 6.01. The first-order chi connectivity index (χ1) is 12.6. The predicted octanol–water partition coefficient (Wildman–Crippen LogP) is 2.57. The molecular formula is C20H28N2O4.